The van der Waals surface area contributed by atoms with E-state index in [1.165, 1.54) is 0 Å². The number of hydrogen-bond donors (Lipinski definition) is 1. The van der Waals surface area contributed by atoms with Gasteiger partial charge in [-0.05, 0) is 36.2 Å². The van der Waals surface area contributed by atoms with E-state index in [2.05, 4.69) is 5.32 Å². The lowest BCUT2D eigenvalue weighted by atomic mass is 10.1. The van der Waals surface area contributed by atoms with Gasteiger partial charge in [-0.3, -0.25) is 4.79 Å². The molecule has 1 amide bonds. The van der Waals surface area contributed by atoms with Crippen LogP contribution in [0.25, 0.3) is 0 Å². The van der Waals surface area contributed by atoms with Crippen molar-refractivity contribution in [3.8, 4) is 0 Å². The van der Waals surface area contributed by atoms with Crippen molar-refractivity contribution < 1.29 is 4.79 Å². The van der Waals surface area contributed by atoms with E-state index < -0.39 is 0 Å². The molecular weight excluding hydrogens is 337 g/mol. The first kappa shape index (κ1) is 17.2. The van der Waals surface area contributed by atoms with Crippen LogP contribution in [0.15, 0.2) is 42.5 Å². The molecule has 0 radical (unpaired) electrons. The molecule has 2 nitrogen and oxygen atoms in total. The Kier molecular flexibility index (Phi) is 6.62. The fourth-order valence-electron chi connectivity index (χ4n) is 1.93. The highest BCUT2D eigenvalue weighted by molar-refractivity contribution is 7.98. The molecule has 0 unspecified atom stereocenters. The monoisotopic (exact) mass is 353 g/mol. The average Bonchev–Trinajstić information content (AvgIpc) is 2.48. The summed E-state index contributed by atoms with van der Waals surface area (Å²) in [5, 5.41) is 4.15. The highest BCUT2D eigenvalue weighted by Gasteiger charge is 2.09. The first-order chi connectivity index (χ1) is 10.6. The second-order valence-electron chi connectivity index (χ2n) is 4.88. The fourth-order valence-corrected chi connectivity index (χ4v) is 3.40. The van der Waals surface area contributed by atoms with Crippen molar-refractivity contribution in [3.05, 3.63) is 69.2 Å². The largest absolute Gasteiger partial charge is 0.351 e. The minimum absolute atomic E-state index is 0.136. The van der Waals surface area contributed by atoms with Crippen molar-refractivity contribution in [2.75, 3.05) is 12.3 Å². The molecule has 0 heterocycles. The summed E-state index contributed by atoms with van der Waals surface area (Å²) in [5.41, 5.74) is 2.67. The van der Waals surface area contributed by atoms with Gasteiger partial charge in [0.1, 0.15) is 0 Å². The third kappa shape index (κ3) is 4.94. The number of rotatable bonds is 6. The number of thioether (sulfide) groups is 1. The molecular formula is C17H17Cl2NOS. The zero-order valence-electron chi connectivity index (χ0n) is 12.2. The van der Waals surface area contributed by atoms with E-state index in [0.29, 0.717) is 17.1 Å². The molecule has 1 N–H and O–H groups in total. The van der Waals surface area contributed by atoms with Crippen LogP contribution in [0.1, 0.15) is 21.5 Å². The van der Waals surface area contributed by atoms with Gasteiger partial charge in [0, 0.05) is 23.1 Å². The van der Waals surface area contributed by atoms with Gasteiger partial charge in [-0.15, -0.1) is 0 Å². The van der Waals surface area contributed by atoms with E-state index in [1.807, 2.05) is 37.3 Å². The standard InChI is InChI=1S/C17H17Cl2NOS/c1-12-6-7-14(16(19)10-12)17(21)20-8-9-22-11-13-4-2-3-5-15(13)18/h2-7,10H,8-9,11H2,1H3,(H,20,21). The maximum Gasteiger partial charge on any atom is 0.252 e. The summed E-state index contributed by atoms with van der Waals surface area (Å²) in [4.78, 5) is 12.0. The van der Waals surface area contributed by atoms with Gasteiger partial charge in [0.05, 0.1) is 10.6 Å². The Bertz CT molecular complexity index is 661. The molecule has 0 saturated heterocycles. The van der Waals surface area contributed by atoms with Gasteiger partial charge in [0.15, 0.2) is 0 Å². The van der Waals surface area contributed by atoms with Gasteiger partial charge in [0.25, 0.3) is 5.91 Å². The van der Waals surface area contributed by atoms with Crippen LogP contribution in [0.2, 0.25) is 10.0 Å². The Hall–Kier alpha value is -1.16. The lowest BCUT2D eigenvalue weighted by Gasteiger charge is -2.08. The fraction of sp³-hybridized carbons (Fsp3) is 0.235. The lowest BCUT2D eigenvalue weighted by molar-refractivity contribution is 0.0956. The first-order valence-electron chi connectivity index (χ1n) is 6.93. The summed E-state index contributed by atoms with van der Waals surface area (Å²) in [7, 11) is 0. The maximum atomic E-state index is 12.0. The minimum Gasteiger partial charge on any atom is -0.351 e. The highest BCUT2D eigenvalue weighted by atomic mass is 35.5. The van der Waals surface area contributed by atoms with E-state index in [1.54, 1.807) is 23.9 Å². The first-order valence-corrected chi connectivity index (χ1v) is 8.84. The number of halogens is 2. The molecule has 0 aromatic heterocycles. The van der Waals surface area contributed by atoms with E-state index >= 15 is 0 Å². The zero-order valence-corrected chi connectivity index (χ0v) is 14.6. The molecule has 0 bridgehead atoms. The summed E-state index contributed by atoms with van der Waals surface area (Å²) >= 11 is 13.9. The predicted molar refractivity (Wildman–Crippen MR) is 96.1 cm³/mol. The maximum absolute atomic E-state index is 12.0. The van der Waals surface area contributed by atoms with Crippen molar-refractivity contribution in [2.45, 2.75) is 12.7 Å². The Balaban J connectivity index is 1.75. The smallest absolute Gasteiger partial charge is 0.252 e. The number of nitrogens with one attached hydrogen (secondary N) is 1. The molecule has 0 fully saturated rings. The second-order valence-corrected chi connectivity index (χ2v) is 6.80. The summed E-state index contributed by atoms with van der Waals surface area (Å²) in [6, 6.07) is 13.2. The van der Waals surface area contributed by atoms with Crippen LogP contribution in [0, 0.1) is 6.92 Å². The van der Waals surface area contributed by atoms with Crippen LogP contribution < -0.4 is 5.32 Å². The molecule has 116 valence electrons. The molecule has 0 aliphatic carbocycles. The molecule has 2 aromatic carbocycles. The topological polar surface area (TPSA) is 29.1 Å². The SMILES string of the molecule is Cc1ccc(C(=O)NCCSCc2ccccc2Cl)c(Cl)c1. The number of carbonyl (C=O) groups excluding carboxylic acids is 1. The minimum atomic E-state index is -0.136. The molecule has 5 heteroatoms. The van der Waals surface area contributed by atoms with Gasteiger partial charge in [-0.1, -0.05) is 47.5 Å². The number of benzene rings is 2. The van der Waals surface area contributed by atoms with E-state index in [9.17, 15) is 4.79 Å². The molecule has 0 atom stereocenters. The molecule has 22 heavy (non-hydrogen) atoms. The third-order valence-electron chi connectivity index (χ3n) is 3.12. The summed E-state index contributed by atoms with van der Waals surface area (Å²) in [6.45, 7) is 2.54. The van der Waals surface area contributed by atoms with Gasteiger partial charge in [-0.2, -0.15) is 11.8 Å². The summed E-state index contributed by atoms with van der Waals surface area (Å²) < 4.78 is 0. The van der Waals surface area contributed by atoms with Crippen LogP contribution in [0.3, 0.4) is 0 Å². The molecule has 2 aromatic rings. The lowest BCUT2D eigenvalue weighted by Crippen LogP contribution is -2.26. The predicted octanol–water partition coefficient (Wildman–Crippen LogP) is 4.97. The number of hydrogen-bond acceptors (Lipinski definition) is 2. The van der Waals surface area contributed by atoms with Gasteiger partial charge in [0.2, 0.25) is 0 Å². The third-order valence-corrected chi connectivity index (χ3v) is 4.81. The molecule has 0 spiro atoms. The summed E-state index contributed by atoms with van der Waals surface area (Å²) in [6.07, 6.45) is 0. The molecule has 0 saturated carbocycles. The number of amides is 1. The molecule has 0 aliphatic heterocycles. The van der Waals surface area contributed by atoms with E-state index in [4.69, 9.17) is 23.2 Å². The Morgan fingerprint density at radius 1 is 1.14 bits per heavy atom. The van der Waals surface area contributed by atoms with E-state index in [0.717, 1.165) is 27.7 Å². The van der Waals surface area contributed by atoms with Crippen molar-refractivity contribution in [2.24, 2.45) is 0 Å². The van der Waals surface area contributed by atoms with Crippen LogP contribution in [0.5, 0.6) is 0 Å². The van der Waals surface area contributed by atoms with Crippen LogP contribution in [0.4, 0.5) is 0 Å². The van der Waals surface area contributed by atoms with Gasteiger partial charge in [-0.25, -0.2) is 0 Å². The quantitative estimate of drug-likeness (QED) is 0.743. The van der Waals surface area contributed by atoms with Gasteiger partial charge >= 0.3 is 0 Å². The zero-order chi connectivity index (χ0) is 15.9. The van der Waals surface area contributed by atoms with Gasteiger partial charge < -0.3 is 5.32 Å². The van der Waals surface area contributed by atoms with Crippen molar-refractivity contribution in [1.82, 2.24) is 5.32 Å². The van der Waals surface area contributed by atoms with E-state index in [-0.39, 0.29) is 5.91 Å². The molecule has 0 aliphatic rings. The average molecular weight is 354 g/mol. The van der Waals surface area contributed by atoms with Crippen LogP contribution >= 0.6 is 35.0 Å². The Morgan fingerprint density at radius 3 is 2.64 bits per heavy atom. The normalized spacial score (nSPS) is 10.5. The van der Waals surface area contributed by atoms with Crippen molar-refractivity contribution >= 4 is 40.9 Å². The Morgan fingerprint density at radius 2 is 1.91 bits per heavy atom. The van der Waals surface area contributed by atoms with Crippen LogP contribution in [-0.2, 0) is 5.75 Å². The summed E-state index contributed by atoms with van der Waals surface area (Å²) in [5.74, 6) is 1.52. The van der Waals surface area contributed by atoms with Crippen LogP contribution in [-0.4, -0.2) is 18.2 Å². The number of carbonyl (C=O) groups is 1. The Labute approximate surface area is 145 Å². The number of aryl methyl sites for hydroxylation is 1. The van der Waals surface area contributed by atoms with Crippen molar-refractivity contribution in [3.63, 3.8) is 0 Å². The highest BCUT2D eigenvalue weighted by Crippen LogP contribution is 2.20. The molecule has 2 rings (SSSR count). The van der Waals surface area contributed by atoms with Crippen molar-refractivity contribution in [1.29, 1.82) is 0 Å². The second kappa shape index (κ2) is 8.47.